The average Bonchev–Trinajstić information content (AvgIpc) is 2.55. The van der Waals surface area contributed by atoms with Gasteiger partial charge < -0.3 is 15.4 Å². The number of hydrogen-bond donors (Lipinski definition) is 2. The summed E-state index contributed by atoms with van der Waals surface area (Å²) < 4.78 is 5.37. The second-order valence-electron chi connectivity index (χ2n) is 4.70. The van der Waals surface area contributed by atoms with Crippen molar-refractivity contribution in [3.63, 3.8) is 0 Å². The molecular weight excluding hydrogens is 316 g/mol. The number of carbonyl (C=O) groups excluding carboxylic acids is 2. The van der Waals surface area contributed by atoms with Crippen LogP contribution in [0.3, 0.4) is 0 Å². The number of anilines is 1. The zero-order valence-electron chi connectivity index (χ0n) is 12.6. The zero-order chi connectivity index (χ0) is 16.7. The summed E-state index contributed by atoms with van der Waals surface area (Å²) in [4.78, 5) is 23.9. The van der Waals surface area contributed by atoms with Crippen molar-refractivity contribution in [1.82, 2.24) is 5.32 Å². The summed E-state index contributed by atoms with van der Waals surface area (Å²) in [6, 6.07) is 13.5. The number of halogens is 1. The molecule has 0 aliphatic heterocycles. The molecule has 0 aliphatic carbocycles. The Bertz CT molecular complexity index is 686. The Morgan fingerprint density at radius 2 is 1.78 bits per heavy atom. The number of hydrogen-bond acceptors (Lipinski definition) is 3. The van der Waals surface area contributed by atoms with Crippen molar-refractivity contribution in [1.29, 1.82) is 0 Å². The van der Waals surface area contributed by atoms with E-state index in [4.69, 9.17) is 16.3 Å². The molecule has 0 unspecified atom stereocenters. The lowest BCUT2D eigenvalue weighted by Gasteiger charge is -2.11. The molecule has 0 radical (unpaired) electrons. The first-order valence-corrected chi connectivity index (χ1v) is 7.53. The Balaban J connectivity index is 1.97. The molecular formula is C17H17ClN2O3. The maximum absolute atomic E-state index is 12.0. The zero-order valence-corrected chi connectivity index (χ0v) is 13.4. The van der Waals surface area contributed by atoms with Crippen LogP contribution in [0, 0.1) is 0 Å². The summed E-state index contributed by atoms with van der Waals surface area (Å²) in [5, 5.41) is 5.98. The van der Waals surface area contributed by atoms with Crippen molar-refractivity contribution in [2.75, 3.05) is 18.5 Å². The van der Waals surface area contributed by atoms with E-state index in [1.807, 2.05) is 6.92 Å². The van der Waals surface area contributed by atoms with Crippen LogP contribution in [0.1, 0.15) is 17.3 Å². The van der Waals surface area contributed by atoms with Gasteiger partial charge in [-0.05, 0) is 43.3 Å². The van der Waals surface area contributed by atoms with E-state index >= 15 is 0 Å². The van der Waals surface area contributed by atoms with Gasteiger partial charge in [0.25, 0.3) is 11.8 Å². The molecule has 0 saturated carbocycles. The molecule has 5 nitrogen and oxygen atoms in total. The molecule has 2 rings (SSSR count). The van der Waals surface area contributed by atoms with Gasteiger partial charge in [0.05, 0.1) is 11.3 Å². The number of para-hydroxylation sites is 1. The lowest BCUT2D eigenvalue weighted by atomic mass is 10.1. The van der Waals surface area contributed by atoms with Crippen LogP contribution in [0.25, 0.3) is 0 Å². The van der Waals surface area contributed by atoms with Gasteiger partial charge in [-0.1, -0.05) is 23.7 Å². The van der Waals surface area contributed by atoms with E-state index in [2.05, 4.69) is 10.6 Å². The van der Waals surface area contributed by atoms with Gasteiger partial charge in [-0.3, -0.25) is 9.59 Å². The summed E-state index contributed by atoms with van der Waals surface area (Å²) in [5.74, 6) is -0.0414. The van der Waals surface area contributed by atoms with E-state index in [0.717, 1.165) is 0 Å². The highest BCUT2D eigenvalue weighted by atomic mass is 35.5. The molecule has 0 aliphatic rings. The van der Waals surface area contributed by atoms with E-state index in [1.165, 1.54) is 0 Å². The third kappa shape index (κ3) is 5.00. The average molecular weight is 333 g/mol. The minimum absolute atomic E-state index is 0.161. The molecule has 23 heavy (non-hydrogen) atoms. The predicted octanol–water partition coefficient (Wildman–Crippen LogP) is 3.11. The number of rotatable bonds is 6. The molecule has 2 N–H and O–H groups in total. The molecule has 0 aromatic heterocycles. The maximum Gasteiger partial charge on any atom is 0.262 e. The number of amides is 2. The molecule has 6 heteroatoms. The molecule has 0 saturated heterocycles. The smallest absolute Gasteiger partial charge is 0.262 e. The standard InChI is InChI=1S/C17H17ClN2O3/c1-2-19-17(22)14-5-3-4-6-15(14)20-16(21)11-23-13-9-7-12(18)8-10-13/h3-10H,2,11H2,1H3,(H,19,22)(H,20,21). The van der Waals surface area contributed by atoms with Crippen molar-refractivity contribution in [3.05, 3.63) is 59.1 Å². The van der Waals surface area contributed by atoms with Gasteiger partial charge in [0.15, 0.2) is 6.61 Å². The highest BCUT2D eigenvalue weighted by Crippen LogP contribution is 2.17. The molecule has 2 amide bonds. The third-order valence-electron chi connectivity index (χ3n) is 2.97. The normalized spacial score (nSPS) is 10.0. The Morgan fingerprint density at radius 3 is 2.48 bits per heavy atom. The highest BCUT2D eigenvalue weighted by Gasteiger charge is 2.12. The number of nitrogens with one attached hydrogen (secondary N) is 2. The number of benzene rings is 2. The minimum Gasteiger partial charge on any atom is -0.484 e. The first-order valence-electron chi connectivity index (χ1n) is 7.15. The van der Waals surface area contributed by atoms with Crippen molar-refractivity contribution in [2.45, 2.75) is 6.92 Å². The minimum atomic E-state index is -0.350. The second-order valence-corrected chi connectivity index (χ2v) is 5.13. The maximum atomic E-state index is 12.0. The topological polar surface area (TPSA) is 67.4 Å². The molecule has 120 valence electrons. The van der Waals surface area contributed by atoms with Crippen molar-refractivity contribution in [3.8, 4) is 5.75 Å². The van der Waals surface area contributed by atoms with Crippen LogP contribution in [0.2, 0.25) is 5.02 Å². The Kier molecular flexibility index (Phi) is 6.00. The van der Waals surface area contributed by atoms with Gasteiger partial charge in [0, 0.05) is 11.6 Å². The number of carbonyl (C=O) groups is 2. The molecule has 0 heterocycles. The van der Waals surface area contributed by atoms with Gasteiger partial charge in [0.2, 0.25) is 0 Å². The van der Waals surface area contributed by atoms with E-state index in [-0.39, 0.29) is 18.4 Å². The van der Waals surface area contributed by atoms with Crippen LogP contribution in [0.15, 0.2) is 48.5 Å². The van der Waals surface area contributed by atoms with Crippen LogP contribution in [-0.4, -0.2) is 25.0 Å². The largest absolute Gasteiger partial charge is 0.484 e. The Hall–Kier alpha value is -2.53. The van der Waals surface area contributed by atoms with E-state index in [0.29, 0.717) is 28.6 Å². The predicted molar refractivity (Wildman–Crippen MR) is 90.0 cm³/mol. The summed E-state index contributed by atoms with van der Waals surface area (Å²) in [7, 11) is 0. The SMILES string of the molecule is CCNC(=O)c1ccccc1NC(=O)COc1ccc(Cl)cc1. The molecule has 2 aromatic carbocycles. The lowest BCUT2D eigenvalue weighted by molar-refractivity contribution is -0.118. The molecule has 2 aromatic rings. The highest BCUT2D eigenvalue weighted by molar-refractivity contribution is 6.30. The summed E-state index contributed by atoms with van der Waals surface area (Å²) in [6.07, 6.45) is 0. The van der Waals surface area contributed by atoms with E-state index in [9.17, 15) is 9.59 Å². The van der Waals surface area contributed by atoms with Crippen molar-refractivity contribution >= 4 is 29.1 Å². The molecule has 0 fully saturated rings. The quantitative estimate of drug-likeness (QED) is 0.854. The van der Waals surface area contributed by atoms with Gasteiger partial charge in [-0.2, -0.15) is 0 Å². The van der Waals surface area contributed by atoms with Crippen LogP contribution in [0.5, 0.6) is 5.75 Å². The van der Waals surface area contributed by atoms with Gasteiger partial charge in [-0.25, -0.2) is 0 Å². The summed E-state index contributed by atoms with van der Waals surface area (Å²) >= 11 is 5.78. The van der Waals surface area contributed by atoms with Crippen LogP contribution in [0.4, 0.5) is 5.69 Å². The summed E-state index contributed by atoms with van der Waals surface area (Å²) in [5.41, 5.74) is 0.859. The van der Waals surface area contributed by atoms with E-state index in [1.54, 1.807) is 48.5 Å². The molecule has 0 bridgehead atoms. The Labute approximate surface area is 139 Å². The van der Waals surface area contributed by atoms with Crippen molar-refractivity contribution in [2.24, 2.45) is 0 Å². The second kappa shape index (κ2) is 8.19. The number of ether oxygens (including phenoxy) is 1. The van der Waals surface area contributed by atoms with E-state index < -0.39 is 0 Å². The van der Waals surface area contributed by atoms with Gasteiger partial charge in [-0.15, -0.1) is 0 Å². The fourth-order valence-corrected chi connectivity index (χ4v) is 2.04. The summed E-state index contributed by atoms with van der Waals surface area (Å²) in [6.45, 7) is 2.19. The van der Waals surface area contributed by atoms with Crippen LogP contribution >= 0.6 is 11.6 Å². The monoisotopic (exact) mass is 332 g/mol. The molecule has 0 spiro atoms. The Morgan fingerprint density at radius 1 is 1.09 bits per heavy atom. The van der Waals surface area contributed by atoms with Gasteiger partial charge in [0.1, 0.15) is 5.75 Å². The molecule has 0 atom stereocenters. The van der Waals surface area contributed by atoms with Crippen LogP contribution in [-0.2, 0) is 4.79 Å². The first kappa shape index (κ1) is 16.8. The van der Waals surface area contributed by atoms with Crippen LogP contribution < -0.4 is 15.4 Å². The lowest BCUT2D eigenvalue weighted by Crippen LogP contribution is -2.26. The fourth-order valence-electron chi connectivity index (χ4n) is 1.91. The van der Waals surface area contributed by atoms with Crippen molar-refractivity contribution < 1.29 is 14.3 Å². The fraction of sp³-hybridized carbons (Fsp3) is 0.176. The third-order valence-corrected chi connectivity index (χ3v) is 3.22. The first-order chi connectivity index (χ1) is 11.1. The van der Waals surface area contributed by atoms with Gasteiger partial charge >= 0.3 is 0 Å².